The smallest absolute Gasteiger partial charge is 0.231 e. The van der Waals surface area contributed by atoms with Crippen molar-refractivity contribution in [2.75, 3.05) is 12.1 Å². The van der Waals surface area contributed by atoms with Gasteiger partial charge in [-0.15, -0.1) is 0 Å². The Labute approximate surface area is 119 Å². The van der Waals surface area contributed by atoms with Gasteiger partial charge < -0.3 is 14.8 Å². The summed E-state index contributed by atoms with van der Waals surface area (Å²) in [6.07, 6.45) is 8.22. The Morgan fingerprint density at radius 3 is 2.80 bits per heavy atom. The van der Waals surface area contributed by atoms with Crippen molar-refractivity contribution in [1.82, 2.24) is 0 Å². The molecule has 2 aliphatic rings. The molecule has 0 bridgehead atoms. The van der Waals surface area contributed by atoms with Crippen molar-refractivity contribution in [3.8, 4) is 11.5 Å². The van der Waals surface area contributed by atoms with E-state index in [0.29, 0.717) is 12.2 Å². The first-order chi connectivity index (χ1) is 9.81. The third-order valence-corrected chi connectivity index (χ3v) is 4.16. The Balaban J connectivity index is 1.48. The summed E-state index contributed by atoms with van der Waals surface area (Å²) in [5, 5.41) is 2.94. The first-order valence-corrected chi connectivity index (χ1v) is 7.51. The molecule has 3 rings (SSSR count). The summed E-state index contributed by atoms with van der Waals surface area (Å²) in [7, 11) is 0. The molecule has 1 aromatic carbocycles. The number of nitrogens with one attached hydrogen (secondary N) is 1. The molecule has 1 N–H and O–H groups in total. The quantitative estimate of drug-likeness (QED) is 0.911. The van der Waals surface area contributed by atoms with Crippen molar-refractivity contribution in [1.29, 1.82) is 0 Å². The number of hydrogen-bond acceptors (Lipinski definition) is 3. The SMILES string of the molecule is O=C(CCC1CCCCC1)Nc1ccc2c(c1)OCO2. The number of fused-ring (bicyclic) bond motifs is 1. The van der Waals surface area contributed by atoms with Gasteiger partial charge >= 0.3 is 0 Å². The summed E-state index contributed by atoms with van der Waals surface area (Å²) in [6.45, 7) is 0.258. The van der Waals surface area contributed by atoms with Crippen molar-refractivity contribution >= 4 is 11.6 Å². The number of carbonyl (C=O) groups excluding carboxylic acids is 1. The molecular formula is C16H21NO3. The number of amides is 1. The van der Waals surface area contributed by atoms with E-state index in [1.54, 1.807) is 0 Å². The molecule has 0 aromatic heterocycles. The lowest BCUT2D eigenvalue weighted by molar-refractivity contribution is -0.116. The molecule has 1 amide bonds. The molecule has 0 radical (unpaired) electrons. The van der Waals surface area contributed by atoms with E-state index in [-0.39, 0.29) is 12.7 Å². The maximum atomic E-state index is 12.0. The lowest BCUT2D eigenvalue weighted by Crippen LogP contribution is -2.14. The Hall–Kier alpha value is -1.71. The predicted octanol–water partition coefficient (Wildman–Crippen LogP) is 3.71. The number of anilines is 1. The lowest BCUT2D eigenvalue weighted by atomic mass is 9.86. The molecule has 0 spiro atoms. The molecule has 0 unspecified atom stereocenters. The lowest BCUT2D eigenvalue weighted by Gasteiger charge is -2.21. The average molecular weight is 275 g/mol. The zero-order chi connectivity index (χ0) is 13.8. The maximum Gasteiger partial charge on any atom is 0.231 e. The van der Waals surface area contributed by atoms with Crippen molar-refractivity contribution in [2.45, 2.75) is 44.9 Å². The van der Waals surface area contributed by atoms with Gasteiger partial charge in [-0.3, -0.25) is 4.79 Å². The monoisotopic (exact) mass is 275 g/mol. The van der Waals surface area contributed by atoms with Crippen LogP contribution in [0.4, 0.5) is 5.69 Å². The van der Waals surface area contributed by atoms with Crippen LogP contribution in [-0.4, -0.2) is 12.7 Å². The van der Waals surface area contributed by atoms with Crippen LogP contribution in [0.2, 0.25) is 0 Å². The van der Waals surface area contributed by atoms with E-state index in [2.05, 4.69) is 5.32 Å². The summed E-state index contributed by atoms with van der Waals surface area (Å²) >= 11 is 0. The first kappa shape index (κ1) is 13.3. The van der Waals surface area contributed by atoms with Gasteiger partial charge in [-0.2, -0.15) is 0 Å². The Bertz CT molecular complexity index is 481. The van der Waals surface area contributed by atoms with Gasteiger partial charge in [0, 0.05) is 18.2 Å². The number of hydrogen-bond donors (Lipinski definition) is 1. The van der Waals surface area contributed by atoms with Gasteiger partial charge in [-0.05, 0) is 24.5 Å². The highest BCUT2D eigenvalue weighted by Crippen LogP contribution is 2.34. The second-order valence-corrected chi connectivity index (χ2v) is 5.66. The number of carbonyl (C=O) groups is 1. The van der Waals surface area contributed by atoms with Gasteiger partial charge in [0.1, 0.15) is 0 Å². The van der Waals surface area contributed by atoms with Gasteiger partial charge in [-0.25, -0.2) is 0 Å². The second kappa shape index (κ2) is 6.16. The summed E-state index contributed by atoms with van der Waals surface area (Å²) in [6, 6.07) is 5.51. The molecule has 1 fully saturated rings. The van der Waals surface area contributed by atoms with Crippen LogP contribution in [-0.2, 0) is 4.79 Å². The second-order valence-electron chi connectivity index (χ2n) is 5.66. The fourth-order valence-electron chi connectivity index (χ4n) is 3.01. The van der Waals surface area contributed by atoms with E-state index in [0.717, 1.165) is 23.8 Å². The summed E-state index contributed by atoms with van der Waals surface area (Å²) in [5.41, 5.74) is 0.780. The first-order valence-electron chi connectivity index (χ1n) is 7.51. The zero-order valence-corrected chi connectivity index (χ0v) is 11.7. The van der Waals surface area contributed by atoms with E-state index in [1.807, 2.05) is 18.2 Å². The molecule has 108 valence electrons. The molecule has 1 saturated carbocycles. The molecule has 0 saturated heterocycles. The van der Waals surface area contributed by atoms with Crippen molar-refractivity contribution in [3.63, 3.8) is 0 Å². The third-order valence-electron chi connectivity index (χ3n) is 4.16. The van der Waals surface area contributed by atoms with Gasteiger partial charge in [-0.1, -0.05) is 32.1 Å². The molecule has 4 nitrogen and oxygen atoms in total. The molecule has 1 aromatic rings. The minimum absolute atomic E-state index is 0.0921. The van der Waals surface area contributed by atoms with Crippen molar-refractivity contribution < 1.29 is 14.3 Å². The highest BCUT2D eigenvalue weighted by Gasteiger charge is 2.16. The predicted molar refractivity (Wildman–Crippen MR) is 77.0 cm³/mol. The van der Waals surface area contributed by atoms with Crippen LogP contribution in [0.5, 0.6) is 11.5 Å². The highest BCUT2D eigenvalue weighted by molar-refractivity contribution is 5.91. The normalized spacial score (nSPS) is 18.0. The van der Waals surface area contributed by atoms with Gasteiger partial charge in [0.2, 0.25) is 12.7 Å². The van der Waals surface area contributed by atoms with Crippen molar-refractivity contribution in [2.24, 2.45) is 5.92 Å². The van der Waals surface area contributed by atoms with Crippen LogP contribution >= 0.6 is 0 Å². The Morgan fingerprint density at radius 2 is 1.95 bits per heavy atom. The molecule has 0 atom stereocenters. The van der Waals surface area contributed by atoms with E-state index in [1.165, 1.54) is 32.1 Å². The zero-order valence-electron chi connectivity index (χ0n) is 11.7. The van der Waals surface area contributed by atoms with Gasteiger partial charge in [0.05, 0.1) is 0 Å². The van der Waals surface area contributed by atoms with Crippen LogP contribution in [0.25, 0.3) is 0 Å². The highest BCUT2D eigenvalue weighted by atomic mass is 16.7. The molecule has 1 heterocycles. The number of benzene rings is 1. The number of rotatable bonds is 4. The van der Waals surface area contributed by atoms with Crippen LogP contribution < -0.4 is 14.8 Å². The van der Waals surface area contributed by atoms with Crippen LogP contribution in [0.15, 0.2) is 18.2 Å². The van der Waals surface area contributed by atoms with Crippen LogP contribution in [0.1, 0.15) is 44.9 Å². The maximum absolute atomic E-state index is 12.0. The van der Waals surface area contributed by atoms with E-state index >= 15 is 0 Å². The fraction of sp³-hybridized carbons (Fsp3) is 0.562. The van der Waals surface area contributed by atoms with Gasteiger partial charge in [0.15, 0.2) is 11.5 Å². The molecule has 1 aliphatic heterocycles. The van der Waals surface area contributed by atoms with Crippen LogP contribution in [0, 0.1) is 5.92 Å². The molecular weight excluding hydrogens is 254 g/mol. The van der Waals surface area contributed by atoms with E-state index < -0.39 is 0 Å². The average Bonchev–Trinajstić information content (AvgIpc) is 2.94. The van der Waals surface area contributed by atoms with Crippen molar-refractivity contribution in [3.05, 3.63) is 18.2 Å². The fourth-order valence-corrected chi connectivity index (χ4v) is 3.01. The van der Waals surface area contributed by atoms with Crippen LogP contribution in [0.3, 0.4) is 0 Å². The molecule has 4 heteroatoms. The molecule has 1 aliphatic carbocycles. The standard InChI is InChI=1S/C16H21NO3/c18-16(9-6-12-4-2-1-3-5-12)17-13-7-8-14-15(10-13)20-11-19-14/h7-8,10,12H,1-6,9,11H2,(H,17,18). The van der Waals surface area contributed by atoms with E-state index in [9.17, 15) is 4.79 Å². The summed E-state index contributed by atoms with van der Waals surface area (Å²) < 4.78 is 10.6. The minimum atomic E-state index is 0.0921. The summed E-state index contributed by atoms with van der Waals surface area (Å²) in [4.78, 5) is 12.0. The Morgan fingerprint density at radius 1 is 1.15 bits per heavy atom. The van der Waals surface area contributed by atoms with E-state index in [4.69, 9.17) is 9.47 Å². The van der Waals surface area contributed by atoms with Gasteiger partial charge in [0.25, 0.3) is 0 Å². The molecule has 20 heavy (non-hydrogen) atoms. The summed E-state index contributed by atoms with van der Waals surface area (Å²) in [5.74, 6) is 2.28. The minimum Gasteiger partial charge on any atom is -0.454 e. The number of ether oxygens (including phenoxy) is 2. The topological polar surface area (TPSA) is 47.6 Å². The largest absolute Gasteiger partial charge is 0.454 e. The third kappa shape index (κ3) is 3.24. The Kier molecular flexibility index (Phi) is 4.09.